The Balaban J connectivity index is 2.16. The molecule has 3 rings (SSSR count). The smallest absolute Gasteiger partial charge is 0.160 e. The van der Waals surface area contributed by atoms with E-state index in [9.17, 15) is 0 Å². The standard InChI is InChI=1S/C15H16ClN3O/c1-9-6-7-17-15-13(9)18-14(11(3)16)19(15)8-12-5-4-10(2)20-12/h4-7,11H,8H2,1-3H3. The van der Waals surface area contributed by atoms with Crippen molar-refractivity contribution in [1.82, 2.24) is 14.5 Å². The van der Waals surface area contributed by atoms with Crippen LogP contribution >= 0.6 is 11.6 Å². The molecule has 3 heterocycles. The quantitative estimate of drug-likeness (QED) is 0.685. The van der Waals surface area contributed by atoms with Crippen LogP contribution in [0.2, 0.25) is 0 Å². The fourth-order valence-corrected chi connectivity index (χ4v) is 2.51. The molecule has 0 aliphatic heterocycles. The van der Waals surface area contributed by atoms with Gasteiger partial charge in [0.05, 0.1) is 11.9 Å². The summed E-state index contributed by atoms with van der Waals surface area (Å²) >= 11 is 6.26. The Labute approximate surface area is 122 Å². The summed E-state index contributed by atoms with van der Waals surface area (Å²) in [5.74, 6) is 2.59. The Morgan fingerprint density at radius 1 is 1.30 bits per heavy atom. The summed E-state index contributed by atoms with van der Waals surface area (Å²) in [5, 5.41) is -0.181. The number of fused-ring (bicyclic) bond motifs is 1. The van der Waals surface area contributed by atoms with Gasteiger partial charge in [-0.1, -0.05) is 0 Å². The van der Waals surface area contributed by atoms with Crippen LogP contribution in [0.4, 0.5) is 0 Å². The molecular formula is C15H16ClN3O. The van der Waals surface area contributed by atoms with Gasteiger partial charge in [-0.25, -0.2) is 9.97 Å². The molecule has 0 aliphatic rings. The first-order valence-corrected chi connectivity index (χ1v) is 7.01. The van der Waals surface area contributed by atoms with E-state index in [0.717, 1.165) is 34.1 Å². The number of halogens is 1. The van der Waals surface area contributed by atoms with Crippen LogP contribution in [0, 0.1) is 13.8 Å². The van der Waals surface area contributed by atoms with Crippen molar-refractivity contribution < 1.29 is 4.42 Å². The largest absolute Gasteiger partial charge is 0.464 e. The maximum Gasteiger partial charge on any atom is 0.160 e. The molecule has 0 spiro atoms. The zero-order chi connectivity index (χ0) is 14.3. The van der Waals surface area contributed by atoms with Crippen LogP contribution in [0.25, 0.3) is 11.2 Å². The van der Waals surface area contributed by atoms with Crippen LogP contribution in [-0.4, -0.2) is 14.5 Å². The van der Waals surface area contributed by atoms with Crippen LogP contribution in [-0.2, 0) is 6.54 Å². The number of alkyl halides is 1. The highest BCUT2D eigenvalue weighted by Gasteiger charge is 2.18. The van der Waals surface area contributed by atoms with E-state index in [-0.39, 0.29) is 5.38 Å². The van der Waals surface area contributed by atoms with Gasteiger partial charge in [-0.15, -0.1) is 11.6 Å². The van der Waals surface area contributed by atoms with Crippen molar-refractivity contribution in [1.29, 1.82) is 0 Å². The van der Waals surface area contributed by atoms with Crippen molar-refractivity contribution in [3.63, 3.8) is 0 Å². The first-order valence-electron chi connectivity index (χ1n) is 6.57. The van der Waals surface area contributed by atoms with Crippen LogP contribution in [0.5, 0.6) is 0 Å². The average Bonchev–Trinajstić information content (AvgIpc) is 2.96. The molecule has 0 saturated carbocycles. The van der Waals surface area contributed by atoms with E-state index in [2.05, 4.69) is 9.97 Å². The Morgan fingerprint density at radius 2 is 2.10 bits per heavy atom. The fourth-order valence-electron chi connectivity index (χ4n) is 2.34. The molecule has 0 aliphatic carbocycles. The van der Waals surface area contributed by atoms with Gasteiger partial charge in [0.2, 0.25) is 0 Å². The van der Waals surface area contributed by atoms with Gasteiger partial charge in [0, 0.05) is 6.20 Å². The molecule has 0 aromatic carbocycles. The average molecular weight is 290 g/mol. The third-order valence-electron chi connectivity index (χ3n) is 3.33. The van der Waals surface area contributed by atoms with Crippen molar-refractivity contribution in [2.75, 3.05) is 0 Å². The number of nitrogens with zero attached hydrogens (tertiary/aromatic N) is 3. The van der Waals surface area contributed by atoms with E-state index in [1.165, 1.54) is 0 Å². The zero-order valence-electron chi connectivity index (χ0n) is 11.7. The molecule has 4 nitrogen and oxygen atoms in total. The van der Waals surface area contributed by atoms with Crippen LogP contribution in [0.15, 0.2) is 28.8 Å². The topological polar surface area (TPSA) is 43.9 Å². The SMILES string of the molecule is Cc1ccc(Cn2c(C(C)Cl)nc3c(C)ccnc32)o1. The molecule has 20 heavy (non-hydrogen) atoms. The van der Waals surface area contributed by atoms with Gasteiger partial charge in [-0.3, -0.25) is 0 Å². The zero-order valence-corrected chi connectivity index (χ0v) is 12.5. The third-order valence-corrected chi connectivity index (χ3v) is 3.53. The molecule has 5 heteroatoms. The van der Waals surface area contributed by atoms with Crippen LogP contribution in [0.1, 0.15) is 35.2 Å². The Bertz CT molecular complexity index is 758. The number of imidazole rings is 1. The van der Waals surface area contributed by atoms with Crippen molar-refractivity contribution in [2.24, 2.45) is 0 Å². The van der Waals surface area contributed by atoms with E-state index in [4.69, 9.17) is 16.0 Å². The van der Waals surface area contributed by atoms with Crippen LogP contribution in [0.3, 0.4) is 0 Å². The molecule has 104 valence electrons. The minimum absolute atomic E-state index is 0.181. The highest BCUT2D eigenvalue weighted by atomic mass is 35.5. The number of aromatic nitrogens is 3. The number of pyridine rings is 1. The lowest BCUT2D eigenvalue weighted by molar-refractivity contribution is 0.468. The highest BCUT2D eigenvalue weighted by molar-refractivity contribution is 6.20. The Hall–Kier alpha value is -1.81. The molecule has 3 aromatic rings. The molecule has 3 aromatic heterocycles. The molecule has 0 fully saturated rings. The maximum absolute atomic E-state index is 6.26. The van der Waals surface area contributed by atoms with Gasteiger partial charge in [0.15, 0.2) is 5.65 Å². The number of furan rings is 1. The molecule has 1 atom stereocenters. The predicted octanol–water partition coefficient (Wildman–Crippen LogP) is 3.99. The second-order valence-electron chi connectivity index (χ2n) is 4.98. The molecule has 1 unspecified atom stereocenters. The van der Waals surface area contributed by atoms with Crippen molar-refractivity contribution in [3.05, 3.63) is 47.3 Å². The summed E-state index contributed by atoms with van der Waals surface area (Å²) in [5.41, 5.74) is 2.85. The van der Waals surface area contributed by atoms with Gasteiger partial charge < -0.3 is 8.98 Å². The van der Waals surface area contributed by atoms with E-state index < -0.39 is 0 Å². The van der Waals surface area contributed by atoms with E-state index >= 15 is 0 Å². The first-order chi connectivity index (χ1) is 9.56. The lowest BCUT2D eigenvalue weighted by Gasteiger charge is -2.08. The normalized spacial score (nSPS) is 13.0. The maximum atomic E-state index is 6.26. The lowest BCUT2D eigenvalue weighted by Crippen LogP contribution is -2.05. The van der Waals surface area contributed by atoms with Crippen molar-refractivity contribution >= 4 is 22.8 Å². The number of aryl methyl sites for hydroxylation is 2. The molecular weight excluding hydrogens is 274 g/mol. The monoisotopic (exact) mass is 289 g/mol. The summed E-state index contributed by atoms with van der Waals surface area (Å²) in [6.07, 6.45) is 1.80. The predicted molar refractivity (Wildman–Crippen MR) is 79.1 cm³/mol. The van der Waals surface area contributed by atoms with E-state index in [0.29, 0.717) is 6.54 Å². The second kappa shape index (κ2) is 4.94. The molecule has 0 radical (unpaired) electrons. The Morgan fingerprint density at radius 3 is 2.75 bits per heavy atom. The molecule has 0 bridgehead atoms. The van der Waals surface area contributed by atoms with E-state index in [1.54, 1.807) is 6.20 Å². The first kappa shape index (κ1) is 13.2. The molecule has 0 amide bonds. The number of hydrogen-bond acceptors (Lipinski definition) is 3. The minimum atomic E-state index is -0.181. The summed E-state index contributed by atoms with van der Waals surface area (Å²) in [4.78, 5) is 9.09. The number of rotatable bonds is 3. The van der Waals surface area contributed by atoms with E-state index in [1.807, 2.05) is 43.5 Å². The summed E-state index contributed by atoms with van der Waals surface area (Å²) in [6, 6.07) is 5.88. The van der Waals surface area contributed by atoms with Gasteiger partial charge in [-0.2, -0.15) is 0 Å². The Kier molecular flexibility index (Phi) is 3.26. The molecule has 0 N–H and O–H groups in total. The highest BCUT2D eigenvalue weighted by Crippen LogP contribution is 2.26. The van der Waals surface area contributed by atoms with Gasteiger partial charge in [0.1, 0.15) is 22.9 Å². The van der Waals surface area contributed by atoms with Gasteiger partial charge >= 0.3 is 0 Å². The van der Waals surface area contributed by atoms with Gasteiger partial charge in [-0.05, 0) is 44.5 Å². The summed E-state index contributed by atoms with van der Waals surface area (Å²) in [6.45, 7) is 6.47. The molecule has 0 saturated heterocycles. The van der Waals surface area contributed by atoms with Crippen molar-refractivity contribution in [2.45, 2.75) is 32.7 Å². The van der Waals surface area contributed by atoms with Crippen LogP contribution < -0.4 is 0 Å². The fraction of sp³-hybridized carbons (Fsp3) is 0.333. The van der Waals surface area contributed by atoms with Gasteiger partial charge in [0.25, 0.3) is 0 Å². The minimum Gasteiger partial charge on any atom is -0.464 e. The lowest BCUT2D eigenvalue weighted by atomic mass is 10.3. The van der Waals surface area contributed by atoms with Crippen molar-refractivity contribution in [3.8, 4) is 0 Å². The third kappa shape index (κ3) is 2.20. The number of hydrogen-bond donors (Lipinski definition) is 0. The summed E-state index contributed by atoms with van der Waals surface area (Å²) in [7, 11) is 0. The second-order valence-corrected chi connectivity index (χ2v) is 5.64. The summed E-state index contributed by atoms with van der Waals surface area (Å²) < 4.78 is 7.68.